The second kappa shape index (κ2) is 5.45. The summed E-state index contributed by atoms with van der Waals surface area (Å²) in [5.74, 6) is -1.18. The van der Waals surface area contributed by atoms with Crippen molar-refractivity contribution in [3.05, 3.63) is 60.4 Å². The van der Waals surface area contributed by atoms with Gasteiger partial charge < -0.3 is 5.32 Å². The van der Waals surface area contributed by atoms with Crippen molar-refractivity contribution in [1.29, 1.82) is 0 Å². The van der Waals surface area contributed by atoms with E-state index in [1.54, 1.807) is 24.3 Å². The Morgan fingerprint density at radius 1 is 1.14 bits per heavy atom. The van der Waals surface area contributed by atoms with E-state index in [0.29, 0.717) is 5.69 Å². The van der Waals surface area contributed by atoms with Crippen LogP contribution in [0.1, 0.15) is 10.5 Å². The zero-order valence-corrected chi connectivity index (χ0v) is 10.6. The summed E-state index contributed by atoms with van der Waals surface area (Å²) in [4.78, 5) is 15.4. The van der Waals surface area contributed by atoms with E-state index in [9.17, 15) is 9.18 Å². The number of pyridine rings is 1. The predicted octanol–water partition coefficient (Wildman–Crippen LogP) is 1.45. The topological polar surface area (TPSA) is 85.6 Å². The molecule has 7 nitrogen and oxygen atoms in total. The second-order valence-electron chi connectivity index (χ2n) is 4.10. The van der Waals surface area contributed by atoms with Gasteiger partial charge in [0.15, 0.2) is 0 Å². The summed E-state index contributed by atoms with van der Waals surface area (Å²) in [5, 5.41) is 13.5. The minimum Gasteiger partial charge on any atom is -0.321 e. The number of nitrogens with zero attached hydrogens (tertiary/aromatic N) is 5. The third kappa shape index (κ3) is 2.89. The molecule has 21 heavy (non-hydrogen) atoms. The van der Waals surface area contributed by atoms with Crippen LogP contribution in [0.3, 0.4) is 0 Å². The van der Waals surface area contributed by atoms with Gasteiger partial charge in [0.25, 0.3) is 5.91 Å². The van der Waals surface area contributed by atoms with Gasteiger partial charge in [-0.25, -0.2) is 9.67 Å². The molecule has 0 fully saturated rings. The van der Waals surface area contributed by atoms with Crippen LogP contribution >= 0.6 is 0 Å². The van der Waals surface area contributed by atoms with Gasteiger partial charge in [0.2, 0.25) is 5.95 Å². The summed E-state index contributed by atoms with van der Waals surface area (Å²) in [5.41, 5.74) is 1.32. The minimum atomic E-state index is -0.698. The molecule has 0 atom stereocenters. The number of carbonyl (C=O) groups excluding carboxylic acids is 1. The van der Waals surface area contributed by atoms with E-state index in [2.05, 4.69) is 25.8 Å². The number of amides is 1. The van der Waals surface area contributed by atoms with Crippen molar-refractivity contribution in [3.63, 3.8) is 0 Å². The summed E-state index contributed by atoms with van der Waals surface area (Å²) in [6.07, 6.45) is 1.46. The predicted molar refractivity (Wildman–Crippen MR) is 71.3 cm³/mol. The monoisotopic (exact) mass is 284 g/mol. The van der Waals surface area contributed by atoms with E-state index in [0.717, 1.165) is 5.69 Å². The molecule has 0 unspecified atom stereocenters. The third-order valence-electron chi connectivity index (χ3n) is 2.69. The molecule has 0 aliphatic heterocycles. The Labute approximate surface area is 118 Å². The molecule has 8 heteroatoms. The van der Waals surface area contributed by atoms with Crippen LogP contribution in [0.4, 0.5) is 10.1 Å². The van der Waals surface area contributed by atoms with Crippen molar-refractivity contribution in [3.8, 4) is 5.69 Å². The third-order valence-corrected chi connectivity index (χ3v) is 2.69. The van der Waals surface area contributed by atoms with E-state index in [1.165, 1.54) is 29.2 Å². The van der Waals surface area contributed by atoms with E-state index < -0.39 is 11.9 Å². The molecule has 0 aliphatic rings. The van der Waals surface area contributed by atoms with Gasteiger partial charge in [-0.15, -0.1) is 5.10 Å². The highest BCUT2D eigenvalue weighted by Crippen LogP contribution is 2.13. The lowest BCUT2D eigenvalue weighted by molar-refractivity contribution is 0.102. The Balaban J connectivity index is 1.75. The molecule has 0 bridgehead atoms. The number of hydrogen-bond donors (Lipinski definition) is 1. The van der Waals surface area contributed by atoms with Crippen LogP contribution in [0.5, 0.6) is 0 Å². The fourth-order valence-corrected chi connectivity index (χ4v) is 1.71. The molecular weight excluding hydrogens is 275 g/mol. The number of hydrogen-bond acceptors (Lipinski definition) is 5. The van der Waals surface area contributed by atoms with Gasteiger partial charge in [-0.05, 0) is 46.8 Å². The van der Waals surface area contributed by atoms with Crippen molar-refractivity contribution >= 4 is 11.6 Å². The molecule has 0 aliphatic carbocycles. The van der Waals surface area contributed by atoms with Crippen LogP contribution in [0, 0.1) is 5.95 Å². The van der Waals surface area contributed by atoms with Crippen LogP contribution in [0.2, 0.25) is 0 Å². The molecule has 3 rings (SSSR count). The normalized spacial score (nSPS) is 10.3. The van der Waals surface area contributed by atoms with Crippen molar-refractivity contribution in [2.75, 3.05) is 5.32 Å². The van der Waals surface area contributed by atoms with Gasteiger partial charge in [0.1, 0.15) is 12.0 Å². The van der Waals surface area contributed by atoms with E-state index in [4.69, 9.17) is 0 Å². The highest BCUT2D eigenvalue weighted by atomic mass is 19.1. The largest absolute Gasteiger partial charge is 0.321 e. The Kier molecular flexibility index (Phi) is 3.34. The molecule has 1 aromatic carbocycles. The molecule has 2 aromatic heterocycles. The van der Waals surface area contributed by atoms with Crippen molar-refractivity contribution in [2.24, 2.45) is 0 Å². The molecule has 0 saturated heterocycles. The maximum absolute atomic E-state index is 13.0. The number of anilines is 1. The molecule has 0 saturated carbocycles. The van der Waals surface area contributed by atoms with Crippen LogP contribution in [0.15, 0.2) is 48.8 Å². The Morgan fingerprint density at radius 3 is 2.62 bits per heavy atom. The van der Waals surface area contributed by atoms with Crippen LogP contribution in [0.25, 0.3) is 5.69 Å². The number of rotatable bonds is 3. The summed E-state index contributed by atoms with van der Waals surface area (Å²) >= 11 is 0. The molecule has 104 valence electrons. The van der Waals surface area contributed by atoms with Gasteiger partial charge in [0.05, 0.1) is 5.69 Å². The van der Waals surface area contributed by atoms with Gasteiger partial charge in [0, 0.05) is 5.69 Å². The summed E-state index contributed by atoms with van der Waals surface area (Å²) < 4.78 is 14.4. The smallest absolute Gasteiger partial charge is 0.274 e. The first kappa shape index (κ1) is 12.9. The standard InChI is InChI=1S/C13H9FN6O/c14-12-3-1-2-11(17-12)13(21)16-9-4-6-10(7-5-9)20-8-15-18-19-20/h1-8H,(H,16,21). The van der Waals surface area contributed by atoms with Gasteiger partial charge in [-0.1, -0.05) is 6.07 Å². The lowest BCUT2D eigenvalue weighted by Gasteiger charge is -2.05. The zero-order valence-electron chi connectivity index (χ0n) is 10.6. The first-order chi connectivity index (χ1) is 10.2. The Morgan fingerprint density at radius 2 is 1.95 bits per heavy atom. The molecule has 0 radical (unpaired) electrons. The lowest BCUT2D eigenvalue weighted by Crippen LogP contribution is -2.14. The summed E-state index contributed by atoms with van der Waals surface area (Å²) in [7, 11) is 0. The average molecular weight is 284 g/mol. The van der Waals surface area contributed by atoms with Gasteiger partial charge >= 0.3 is 0 Å². The highest BCUT2D eigenvalue weighted by Gasteiger charge is 2.08. The molecule has 1 amide bonds. The first-order valence-electron chi connectivity index (χ1n) is 6.00. The molecule has 3 aromatic rings. The number of carbonyl (C=O) groups is 1. The van der Waals surface area contributed by atoms with E-state index in [1.807, 2.05) is 0 Å². The van der Waals surface area contributed by atoms with Gasteiger partial charge in [-0.2, -0.15) is 4.39 Å². The Hall–Kier alpha value is -3.16. The number of nitrogens with one attached hydrogen (secondary N) is 1. The number of aromatic nitrogens is 5. The van der Waals surface area contributed by atoms with Gasteiger partial charge in [-0.3, -0.25) is 4.79 Å². The van der Waals surface area contributed by atoms with Crippen molar-refractivity contribution < 1.29 is 9.18 Å². The molecule has 2 heterocycles. The molecule has 0 spiro atoms. The maximum Gasteiger partial charge on any atom is 0.274 e. The maximum atomic E-state index is 13.0. The van der Waals surface area contributed by atoms with E-state index in [-0.39, 0.29) is 5.69 Å². The first-order valence-corrected chi connectivity index (χ1v) is 6.00. The number of benzene rings is 1. The lowest BCUT2D eigenvalue weighted by atomic mass is 10.2. The van der Waals surface area contributed by atoms with Crippen molar-refractivity contribution in [2.45, 2.75) is 0 Å². The van der Waals surface area contributed by atoms with Crippen LogP contribution in [-0.4, -0.2) is 31.1 Å². The van der Waals surface area contributed by atoms with Crippen LogP contribution < -0.4 is 5.32 Å². The molecular formula is C13H9FN6O. The van der Waals surface area contributed by atoms with Crippen molar-refractivity contribution in [1.82, 2.24) is 25.2 Å². The highest BCUT2D eigenvalue weighted by molar-refractivity contribution is 6.02. The number of tetrazole rings is 1. The summed E-state index contributed by atoms with van der Waals surface area (Å²) in [6, 6.07) is 10.9. The fraction of sp³-hybridized carbons (Fsp3) is 0. The second-order valence-corrected chi connectivity index (χ2v) is 4.10. The zero-order chi connectivity index (χ0) is 14.7. The average Bonchev–Trinajstić information content (AvgIpc) is 3.02. The Bertz CT molecular complexity index is 757. The fourth-order valence-electron chi connectivity index (χ4n) is 1.71. The quantitative estimate of drug-likeness (QED) is 0.736. The number of halogens is 1. The SMILES string of the molecule is O=C(Nc1ccc(-n2cnnn2)cc1)c1cccc(F)n1. The van der Waals surface area contributed by atoms with E-state index >= 15 is 0 Å². The summed E-state index contributed by atoms with van der Waals surface area (Å²) in [6.45, 7) is 0. The van der Waals surface area contributed by atoms with Crippen LogP contribution in [-0.2, 0) is 0 Å². The molecule has 1 N–H and O–H groups in total. The minimum absolute atomic E-state index is 0.0135.